The van der Waals surface area contributed by atoms with Crippen molar-refractivity contribution in [1.29, 1.82) is 0 Å². The van der Waals surface area contributed by atoms with E-state index in [2.05, 4.69) is 20.9 Å². The van der Waals surface area contributed by atoms with Gasteiger partial charge in [0.15, 0.2) is 4.80 Å². The molecule has 10 heteroatoms. The summed E-state index contributed by atoms with van der Waals surface area (Å²) in [6.07, 6.45) is 3.61. The minimum Gasteiger partial charge on any atom is -0.380 e. The lowest BCUT2D eigenvalue weighted by Crippen LogP contribution is -2.43. The molecule has 0 radical (unpaired) electrons. The van der Waals surface area contributed by atoms with E-state index < -0.39 is 15.9 Å². The Kier molecular flexibility index (Phi) is 8.59. The minimum atomic E-state index is -3.59. The summed E-state index contributed by atoms with van der Waals surface area (Å²) < 4.78 is 37.5. The van der Waals surface area contributed by atoms with Crippen molar-refractivity contribution in [2.75, 3.05) is 19.8 Å². The average Bonchev–Trinajstić information content (AvgIpc) is 3.19. The Hall–Kier alpha value is -1.85. The van der Waals surface area contributed by atoms with Gasteiger partial charge >= 0.3 is 0 Å². The van der Waals surface area contributed by atoms with Gasteiger partial charge in [-0.3, -0.25) is 4.79 Å². The molecule has 1 saturated heterocycles. The van der Waals surface area contributed by atoms with Crippen LogP contribution in [-0.2, 0) is 21.3 Å². The van der Waals surface area contributed by atoms with Crippen LogP contribution in [0.3, 0.4) is 0 Å². The van der Waals surface area contributed by atoms with Crippen LogP contribution in [0.5, 0.6) is 0 Å². The number of amides is 1. The number of halogens is 1. The van der Waals surface area contributed by atoms with Gasteiger partial charge in [-0.2, -0.15) is 9.30 Å². The Morgan fingerprint density at radius 3 is 2.66 bits per heavy atom. The van der Waals surface area contributed by atoms with Crippen molar-refractivity contribution in [3.8, 4) is 0 Å². The highest BCUT2D eigenvalue weighted by Crippen LogP contribution is 2.27. The van der Waals surface area contributed by atoms with Crippen molar-refractivity contribution in [3.63, 3.8) is 0 Å². The highest BCUT2D eigenvalue weighted by molar-refractivity contribution is 9.10. The molecule has 1 amide bonds. The molecule has 1 unspecified atom stereocenters. The zero-order valence-corrected chi connectivity index (χ0v) is 23.2. The van der Waals surface area contributed by atoms with Crippen LogP contribution in [0.2, 0.25) is 0 Å². The fourth-order valence-electron chi connectivity index (χ4n) is 4.40. The molecule has 3 aromatic rings. The lowest BCUT2D eigenvalue weighted by molar-refractivity contribution is 0.0996. The number of thiazole rings is 1. The van der Waals surface area contributed by atoms with Crippen LogP contribution in [-0.4, -0.2) is 49.0 Å². The number of fused-ring (bicyclic) bond motifs is 1. The van der Waals surface area contributed by atoms with Gasteiger partial charge in [-0.1, -0.05) is 40.6 Å². The lowest BCUT2D eigenvalue weighted by atomic mass is 10.0. The number of rotatable bonds is 8. The Morgan fingerprint density at radius 2 is 1.94 bits per heavy atom. The van der Waals surface area contributed by atoms with Crippen LogP contribution >= 0.6 is 27.3 Å². The largest absolute Gasteiger partial charge is 0.380 e. The van der Waals surface area contributed by atoms with Gasteiger partial charge in [0, 0.05) is 35.8 Å². The number of benzene rings is 2. The van der Waals surface area contributed by atoms with E-state index in [0.29, 0.717) is 36.7 Å². The van der Waals surface area contributed by atoms with E-state index in [-0.39, 0.29) is 10.9 Å². The van der Waals surface area contributed by atoms with Gasteiger partial charge in [-0.25, -0.2) is 8.42 Å². The number of carbonyl (C=O) groups is 1. The summed E-state index contributed by atoms with van der Waals surface area (Å²) >= 11 is 4.94. The van der Waals surface area contributed by atoms with E-state index in [1.165, 1.54) is 23.5 Å². The van der Waals surface area contributed by atoms with Gasteiger partial charge < -0.3 is 9.30 Å². The van der Waals surface area contributed by atoms with Crippen molar-refractivity contribution in [2.45, 2.75) is 57.0 Å². The Balaban J connectivity index is 1.63. The van der Waals surface area contributed by atoms with Crippen LogP contribution in [0.1, 0.15) is 49.9 Å². The van der Waals surface area contributed by atoms with Crippen LogP contribution in [0, 0.1) is 0 Å². The maximum absolute atomic E-state index is 13.2. The molecule has 0 N–H and O–H groups in total. The first-order valence-corrected chi connectivity index (χ1v) is 15.0. The molecule has 188 valence electrons. The first kappa shape index (κ1) is 26.2. The highest BCUT2D eigenvalue weighted by Gasteiger charge is 2.32. The highest BCUT2D eigenvalue weighted by atomic mass is 79.9. The van der Waals surface area contributed by atoms with Gasteiger partial charge in [0.2, 0.25) is 10.0 Å². The fraction of sp³-hybridized carbons (Fsp3) is 0.440. The van der Waals surface area contributed by atoms with Crippen molar-refractivity contribution in [1.82, 2.24) is 8.87 Å². The van der Waals surface area contributed by atoms with Crippen molar-refractivity contribution >= 4 is 53.4 Å². The Labute approximate surface area is 218 Å². The van der Waals surface area contributed by atoms with E-state index in [0.717, 1.165) is 40.4 Å². The van der Waals surface area contributed by atoms with Gasteiger partial charge in [-0.15, -0.1) is 0 Å². The van der Waals surface area contributed by atoms with E-state index in [9.17, 15) is 13.2 Å². The number of ether oxygens (including phenoxy) is 1. The third kappa shape index (κ3) is 5.77. The molecule has 1 atom stereocenters. The van der Waals surface area contributed by atoms with Crippen molar-refractivity contribution < 1.29 is 17.9 Å². The predicted molar refractivity (Wildman–Crippen MR) is 142 cm³/mol. The second-order valence-electron chi connectivity index (χ2n) is 8.46. The van der Waals surface area contributed by atoms with Gasteiger partial charge in [0.25, 0.3) is 5.91 Å². The second-order valence-corrected chi connectivity index (χ2v) is 12.3. The molecule has 1 aliphatic heterocycles. The normalized spacial score (nSPS) is 17.8. The second kappa shape index (κ2) is 11.5. The molecule has 0 spiro atoms. The molecule has 1 aromatic heterocycles. The molecule has 7 nitrogen and oxygen atoms in total. The summed E-state index contributed by atoms with van der Waals surface area (Å²) in [5, 5.41) is 0. The first-order chi connectivity index (χ1) is 16.8. The quantitative estimate of drug-likeness (QED) is 0.344. The fourth-order valence-corrected chi connectivity index (χ4v) is 7.78. The first-order valence-electron chi connectivity index (χ1n) is 11.9. The lowest BCUT2D eigenvalue weighted by Gasteiger charge is -2.34. The van der Waals surface area contributed by atoms with Crippen LogP contribution in [0.4, 0.5) is 0 Å². The summed E-state index contributed by atoms with van der Waals surface area (Å²) in [4.78, 5) is 18.2. The molecule has 35 heavy (non-hydrogen) atoms. The van der Waals surface area contributed by atoms with E-state index in [4.69, 9.17) is 4.74 Å². The van der Waals surface area contributed by atoms with Crippen molar-refractivity contribution in [3.05, 3.63) is 57.3 Å². The number of hydrogen-bond donors (Lipinski definition) is 0. The van der Waals surface area contributed by atoms with Gasteiger partial charge in [-0.05, 0) is 68.7 Å². The molecule has 2 aromatic carbocycles. The zero-order valence-electron chi connectivity index (χ0n) is 19.9. The summed E-state index contributed by atoms with van der Waals surface area (Å²) in [6, 6.07) is 12.1. The van der Waals surface area contributed by atoms with Crippen LogP contribution in [0.15, 0.2) is 56.8 Å². The number of nitrogens with zero attached hydrogens (tertiary/aromatic N) is 3. The number of sulfonamides is 1. The molecular weight excluding hydrogens is 550 g/mol. The SMILES string of the molecule is CCOCCn1c(=NC(=O)c2ccc(S(=O)(=O)N3CCCCC3CC)cc2)sc2cc(Br)ccc21. The van der Waals surface area contributed by atoms with Crippen molar-refractivity contribution in [2.24, 2.45) is 4.99 Å². The van der Waals surface area contributed by atoms with E-state index in [1.54, 1.807) is 16.4 Å². The smallest absolute Gasteiger partial charge is 0.279 e. The molecule has 0 bridgehead atoms. The standard InChI is InChI=1S/C25H30BrN3O4S2/c1-3-20-7-5-6-14-29(20)35(31,32)21-11-8-18(9-12-21)24(30)27-25-28(15-16-33-4-2)22-13-10-19(26)17-23(22)34-25/h8-13,17,20H,3-7,14-16H2,1-2H3. The molecular formula is C25H30BrN3O4S2. The van der Waals surface area contributed by atoms with Crippen LogP contribution < -0.4 is 4.80 Å². The van der Waals surface area contributed by atoms with E-state index >= 15 is 0 Å². The molecule has 1 aliphatic rings. The summed E-state index contributed by atoms with van der Waals surface area (Å²) in [6.45, 7) is 6.22. The minimum absolute atomic E-state index is 0.0326. The molecule has 1 fully saturated rings. The summed E-state index contributed by atoms with van der Waals surface area (Å²) in [5.74, 6) is -0.408. The van der Waals surface area contributed by atoms with Gasteiger partial charge in [0.05, 0.1) is 21.7 Å². The molecule has 0 aliphatic carbocycles. The molecule has 4 rings (SSSR count). The van der Waals surface area contributed by atoms with Gasteiger partial charge in [0.1, 0.15) is 0 Å². The average molecular weight is 581 g/mol. The third-order valence-electron chi connectivity index (χ3n) is 6.26. The maximum Gasteiger partial charge on any atom is 0.279 e. The zero-order chi connectivity index (χ0) is 25.0. The van der Waals surface area contributed by atoms with E-state index in [1.807, 2.05) is 36.6 Å². The van der Waals surface area contributed by atoms with Crippen LogP contribution in [0.25, 0.3) is 10.2 Å². The summed E-state index contributed by atoms with van der Waals surface area (Å²) in [5.41, 5.74) is 1.34. The Bertz CT molecular complexity index is 1360. The topological polar surface area (TPSA) is 81.0 Å². The molecule has 0 saturated carbocycles. The number of carbonyl (C=O) groups excluding carboxylic acids is 1. The number of piperidine rings is 1. The Morgan fingerprint density at radius 1 is 1.17 bits per heavy atom. The number of hydrogen-bond acceptors (Lipinski definition) is 5. The monoisotopic (exact) mass is 579 g/mol. The maximum atomic E-state index is 13.2. The number of aromatic nitrogens is 1. The molecule has 2 heterocycles. The third-order valence-corrected chi connectivity index (χ3v) is 9.76. The summed E-state index contributed by atoms with van der Waals surface area (Å²) in [7, 11) is -3.59. The predicted octanol–water partition coefficient (Wildman–Crippen LogP) is 5.20.